The van der Waals surface area contributed by atoms with Crippen LogP contribution in [0.15, 0.2) is 35.3 Å². The Morgan fingerprint density at radius 1 is 1.33 bits per heavy atom. The number of oxazole rings is 1. The van der Waals surface area contributed by atoms with E-state index < -0.39 is 6.10 Å². The van der Waals surface area contributed by atoms with E-state index in [1.807, 2.05) is 12.1 Å². The highest BCUT2D eigenvalue weighted by molar-refractivity contribution is 5.92. The highest BCUT2D eigenvalue weighted by Crippen LogP contribution is 2.27. The van der Waals surface area contributed by atoms with Crippen molar-refractivity contribution in [2.75, 3.05) is 19.6 Å². The van der Waals surface area contributed by atoms with Gasteiger partial charge in [-0.25, -0.2) is 4.98 Å². The number of pyridine rings is 1. The maximum atomic E-state index is 12.8. The topological polar surface area (TPSA) is 112 Å². The van der Waals surface area contributed by atoms with Crippen LogP contribution in [-0.4, -0.2) is 74.5 Å². The van der Waals surface area contributed by atoms with Crippen molar-refractivity contribution in [1.82, 2.24) is 25.1 Å². The van der Waals surface area contributed by atoms with Crippen molar-refractivity contribution >= 4 is 11.8 Å². The Morgan fingerprint density at radius 3 is 2.80 bits per heavy atom. The lowest BCUT2D eigenvalue weighted by atomic mass is 10.0. The third kappa shape index (κ3) is 4.36. The number of hydrogen-bond acceptors (Lipinski definition) is 7. The number of carbonyl (C=O) groups excluding carboxylic acids is 2. The van der Waals surface area contributed by atoms with Gasteiger partial charge in [0.05, 0.1) is 17.8 Å². The summed E-state index contributed by atoms with van der Waals surface area (Å²) in [5, 5.41) is 13.2. The highest BCUT2D eigenvalue weighted by atomic mass is 16.3. The second-order valence-electron chi connectivity index (χ2n) is 7.97. The molecule has 9 heteroatoms. The van der Waals surface area contributed by atoms with Crippen LogP contribution in [0.5, 0.6) is 0 Å². The minimum Gasteiger partial charge on any atom is -0.438 e. The van der Waals surface area contributed by atoms with Crippen molar-refractivity contribution in [3.05, 3.63) is 47.9 Å². The van der Waals surface area contributed by atoms with E-state index in [9.17, 15) is 14.7 Å². The van der Waals surface area contributed by atoms with Gasteiger partial charge < -0.3 is 19.7 Å². The molecule has 2 atom stereocenters. The van der Waals surface area contributed by atoms with Gasteiger partial charge in [0.1, 0.15) is 0 Å². The molecule has 30 heavy (non-hydrogen) atoms. The molecule has 0 unspecified atom stereocenters. The number of aliphatic hydroxyl groups excluding tert-OH is 1. The molecule has 2 amide bonds. The Hall–Kier alpha value is -2.78. The number of aryl methyl sites for hydroxylation is 1. The average molecular weight is 413 g/mol. The number of aromatic nitrogens is 2. The summed E-state index contributed by atoms with van der Waals surface area (Å²) in [6.45, 7) is 3.81. The normalized spacial score (nSPS) is 22.9. The third-order valence-corrected chi connectivity index (χ3v) is 5.97. The molecule has 2 aromatic rings. The maximum Gasteiger partial charge on any atom is 0.291 e. The number of piperidine rings is 1. The van der Waals surface area contributed by atoms with Gasteiger partial charge in [0, 0.05) is 44.6 Å². The van der Waals surface area contributed by atoms with Gasteiger partial charge in [-0.15, -0.1) is 0 Å². The van der Waals surface area contributed by atoms with Crippen LogP contribution in [-0.2, 0) is 11.3 Å². The SMILES string of the molecule is Cc1ncoc1C(=O)N1CCC(N2C[C@H](O)C[C@H]2C(=O)NCc2cccnc2)CC1. The van der Waals surface area contributed by atoms with E-state index in [4.69, 9.17) is 4.42 Å². The lowest BCUT2D eigenvalue weighted by molar-refractivity contribution is -0.126. The zero-order valence-electron chi connectivity index (χ0n) is 17.0. The van der Waals surface area contributed by atoms with Gasteiger partial charge in [-0.2, -0.15) is 0 Å². The molecular formula is C21H27N5O4. The van der Waals surface area contributed by atoms with Crippen molar-refractivity contribution in [1.29, 1.82) is 0 Å². The minimum absolute atomic E-state index is 0.0776. The Kier molecular flexibility index (Phi) is 6.10. The summed E-state index contributed by atoms with van der Waals surface area (Å²) < 4.78 is 5.23. The largest absolute Gasteiger partial charge is 0.438 e. The van der Waals surface area contributed by atoms with E-state index in [2.05, 4.69) is 20.2 Å². The number of amides is 2. The minimum atomic E-state index is -0.518. The summed E-state index contributed by atoms with van der Waals surface area (Å²) >= 11 is 0. The van der Waals surface area contributed by atoms with Crippen molar-refractivity contribution in [2.45, 2.75) is 50.9 Å². The van der Waals surface area contributed by atoms with Gasteiger partial charge in [-0.1, -0.05) is 6.07 Å². The number of β-amino-alcohol motifs (C(OH)–C–C–N with tert-alkyl or cyclic N) is 1. The number of likely N-dealkylation sites (tertiary alicyclic amines) is 2. The van der Waals surface area contributed by atoms with Gasteiger partial charge in [0.15, 0.2) is 6.39 Å². The Balaban J connectivity index is 1.34. The first-order valence-corrected chi connectivity index (χ1v) is 10.3. The number of rotatable bonds is 5. The lowest BCUT2D eigenvalue weighted by Gasteiger charge is -2.38. The van der Waals surface area contributed by atoms with Crippen LogP contribution in [0.4, 0.5) is 0 Å². The van der Waals surface area contributed by atoms with Crippen molar-refractivity contribution < 1.29 is 19.1 Å². The smallest absolute Gasteiger partial charge is 0.291 e. The summed E-state index contributed by atoms with van der Waals surface area (Å²) in [5.41, 5.74) is 1.53. The molecule has 2 aromatic heterocycles. The molecule has 2 N–H and O–H groups in total. The van der Waals surface area contributed by atoms with Crippen LogP contribution in [0.25, 0.3) is 0 Å². The van der Waals surface area contributed by atoms with Crippen molar-refractivity contribution in [3.63, 3.8) is 0 Å². The fraction of sp³-hybridized carbons (Fsp3) is 0.524. The molecule has 4 rings (SSSR count). The first-order chi connectivity index (χ1) is 14.5. The van der Waals surface area contributed by atoms with E-state index in [-0.39, 0.29) is 29.7 Å². The molecule has 9 nitrogen and oxygen atoms in total. The number of nitrogens with zero attached hydrogens (tertiary/aromatic N) is 4. The van der Waals surface area contributed by atoms with Gasteiger partial charge in [0.25, 0.3) is 5.91 Å². The zero-order valence-corrected chi connectivity index (χ0v) is 17.0. The van der Waals surface area contributed by atoms with Crippen molar-refractivity contribution in [3.8, 4) is 0 Å². The average Bonchev–Trinajstić information content (AvgIpc) is 3.38. The molecule has 2 aliphatic heterocycles. The molecule has 0 saturated carbocycles. The summed E-state index contributed by atoms with van der Waals surface area (Å²) in [7, 11) is 0. The van der Waals surface area contributed by atoms with Crippen LogP contribution in [0.3, 0.4) is 0 Å². The standard InChI is InChI=1S/C21H27N5O4/c1-14-19(30-13-24-14)21(29)25-7-4-16(5-8-25)26-12-17(27)9-18(26)20(28)23-11-15-3-2-6-22-10-15/h2-3,6,10,13,16-18,27H,4-5,7-9,11-12H2,1H3,(H,23,28)/t17-,18+/m1/s1. The summed E-state index contributed by atoms with van der Waals surface area (Å²) in [5.74, 6) is 0.0690. The summed E-state index contributed by atoms with van der Waals surface area (Å²) in [6, 6.07) is 3.54. The van der Waals surface area contributed by atoms with Gasteiger partial charge >= 0.3 is 0 Å². The molecule has 2 aliphatic rings. The molecule has 160 valence electrons. The van der Waals surface area contributed by atoms with E-state index in [0.29, 0.717) is 38.3 Å². The first-order valence-electron chi connectivity index (χ1n) is 10.3. The molecule has 2 saturated heterocycles. The van der Waals surface area contributed by atoms with Crippen LogP contribution in [0.1, 0.15) is 41.1 Å². The monoisotopic (exact) mass is 413 g/mol. The number of aliphatic hydroxyl groups is 1. The fourth-order valence-electron chi connectivity index (χ4n) is 4.36. The molecule has 4 heterocycles. The van der Waals surface area contributed by atoms with Crippen LogP contribution >= 0.6 is 0 Å². The summed E-state index contributed by atoms with van der Waals surface area (Å²) in [6.07, 6.45) is 6.11. The Morgan fingerprint density at radius 2 is 2.13 bits per heavy atom. The van der Waals surface area contributed by atoms with E-state index >= 15 is 0 Å². The Bertz CT molecular complexity index is 879. The zero-order chi connectivity index (χ0) is 21.1. The molecule has 2 fully saturated rings. The van der Waals surface area contributed by atoms with Crippen LogP contribution in [0.2, 0.25) is 0 Å². The molecule has 0 aliphatic carbocycles. The van der Waals surface area contributed by atoms with Gasteiger partial charge in [0.2, 0.25) is 11.7 Å². The molecule has 0 spiro atoms. The highest BCUT2D eigenvalue weighted by Gasteiger charge is 2.41. The van der Waals surface area contributed by atoms with Crippen molar-refractivity contribution in [2.24, 2.45) is 0 Å². The third-order valence-electron chi connectivity index (χ3n) is 5.97. The van der Waals surface area contributed by atoms with Crippen LogP contribution in [0, 0.1) is 6.92 Å². The predicted octanol–water partition coefficient (Wildman–Crippen LogP) is 0.734. The summed E-state index contributed by atoms with van der Waals surface area (Å²) in [4.78, 5) is 37.4. The van der Waals surface area contributed by atoms with E-state index in [1.54, 1.807) is 24.2 Å². The molecule has 0 bridgehead atoms. The number of hydrogen-bond donors (Lipinski definition) is 2. The second-order valence-corrected chi connectivity index (χ2v) is 7.97. The van der Waals surface area contributed by atoms with Gasteiger partial charge in [-0.3, -0.25) is 19.5 Å². The Labute approximate surface area is 175 Å². The number of carbonyl (C=O) groups is 2. The lowest BCUT2D eigenvalue weighted by Crippen LogP contribution is -2.52. The maximum absolute atomic E-state index is 12.8. The quantitative estimate of drug-likeness (QED) is 0.743. The van der Waals surface area contributed by atoms with E-state index in [1.165, 1.54) is 6.39 Å². The van der Waals surface area contributed by atoms with Gasteiger partial charge in [-0.05, 0) is 37.8 Å². The fourth-order valence-corrected chi connectivity index (χ4v) is 4.36. The number of nitrogens with one attached hydrogen (secondary N) is 1. The first kappa shape index (κ1) is 20.5. The predicted molar refractivity (Wildman–Crippen MR) is 107 cm³/mol. The molecule has 0 aromatic carbocycles. The van der Waals surface area contributed by atoms with Crippen LogP contribution < -0.4 is 5.32 Å². The van der Waals surface area contributed by atoms with E-state index in [0.717, 1.165) is 18.4 Å². The second kappa shape index (κ2) is 8.93. The molecule has 0 radical (unpaired) electrons. The molecular weight excluding hydrogens is 386 g/mol.